The Morgan fingerprint density at radius 1 is 1.26 bits per heavy atom. The number of carbonyl (C=O) groups is 2. The van der Waals surface area contributed by atoms with E-state index in [-0.39, 0.29) is 6.61 Å². The lowest BCUT2D eigenvalue weighted by Crippen LogP contribution is -2.41. The van der Waals surface area contributed by atoms with Gasteiger partial charge in [-0.2, -0.15) is 0 Å². The molecule has 0 aliphatic rings. The molecule has 2 rings (SSSR count). The summed E-state index contributed by atoms with van der Waals surface area (Å²) in [5, 5.41) is 2.02. The summed E-state index contributed by atoms with van der Waals surface area (Å²) in [6.45, 7) is 3.90. The SMILES string of the molecule is CCOC(=O)NNC(=O)c1ccc(CSc2nc(C)cs2)cc1. The van der Waals surface area contributed by atoms with Gasteiger partial charge < -0.3 is 4.74 Å². The zero-order valence-electron chi connectivity index (χ0n) is 12.8. The van der Waals surface area contributed by atoms with Crippen molar-refractivity contribution in [3.05, 3.63) is 46.5 Å². The molecule has 0 saturated carbocycles. The lowest BCUT2D eigenvalue weighted by Gasteiger charge is -2.07. The van der Waals surface area contributed by atoms with Gasteiger partial charge in [-0.3, -0.25) is 10.2 Å². The van der Waals surface area contributed by atoms with Gasteiger partial charge in [-0.1, -0.05) is 23.9 Å². The monoisotopic (exact) mass is 351 g/mol. The molecule has 23 heavy (non-hydrogen) atoms. The zero-order valence-corrected chi connectivity index (χ0v) is 14.4. The van der Waals surface area contributed by atoms with Crippen molar-refractivity contribution in [2.45, 2.75) is 23.9 Å². The lowest BCUT2D eigenvalue weighted by atomic mass is 10.1. The first kappa shape index (κ1) is 17.3. The first-order valence-electron chi connectivity index (χ1n) is 6.95. The number of benzene rings is 1. The minimum Gasteiger partial charge on any atom is -0.449 e. The quantitative estimate of drug-likeness (QED) is 0.639. The topological polar surface area (TPSA) is 80.3 Å². The van der Waals surface area contributed by atoms with Gasteiger partial charge in [0.05, 0.1) is 6.61 Å². The molecule has 0 unspecified atom stereocenters. The van der Waals surface area contributed by atoms with Crippen LogP contribution in [0.25, 0.3) is 0 Å². The second-order valence-electron chi connectivity index (χ2n) is 4.54. The number of hydrogen-bond donors (Lipinski definition) is 2. The van der Waals surface area contributed by atoms with Crippen LogP contribution in [0.3, 0.4) is 0 Å². The molecule has 1 aromatic heterocycles. The summed E-state index contributed by atoms with van der Waals surface area (Å²) in [7, 11) is 0. The summed E-state index contributed by atoms with van der Waals surface area (Å²) in [4.78, 5) is 27.3. The minimum absolute atomic E-state index is 0.243. The molecule has 0 aliphatic carbocycles. The van der Waals surface area contributed by atoms with Crippen molar-refractivity contribution in [2.24, 2.45) is 0 Å². The van der Waals surface area contributed by atoms with E-state index in [1.54, 1.807) is 42.2 Å². The molecule has 1 aromatic carbocycles. The van der Waals surface area contributed by atoms with Gasteiger partial charge in [0.2, 0.25) is 0 Å². The van der Waals surface area contributed by atoms with E-state index in [1.807, 2.05) is 24.4 Å². The van der Waals surface area contributed by atoms with Gasteiger partial charge >= 0.3 is 6.09 Å². The molecule has 0 aliphatic heterocycles. The largest absolute Gasteiger partial charge is 0.449 e. The Morgan fingerprint density at radius 3 is 2.61 bits per heavy atom. The lowest BCUT2D eigenvalue weighted by molar-refractivity contribution is 0.0912. The molecule has 2 aromatic rings. The summed E-state index contributed by atoms with van der Waals surface area (Å²) in [6, 6.07) is 7.19. The van der Waals surface area contributed by atoms with E-state index in [0.29, 0.717) is 5.56 Å². The van der Waals surface area contributed by atoms with E-state index < -0.39 is 12.0 Å². The number of aryl methyl sites for hydroxylation is 1. The average Bonchev–Trinajstić information content (AvgIpc) is 2.97. The average molecular weight is 351 g/mol. The Bertz CT molecular complexity index is 671. The number of thiazole rings is 1. The number of rotatable bonds is 5. The summed E-state index contributed by atoms with van der Waals surface area (Å²) in [5.41, 5.74) is 7.04. The maximum Gasteiger partial charge on any atom is 0.426 e. The van der Waals surface area contributed by atoms with Crippen molar-refractivity contribution in [1.29, 1.82) is 0 Å². The highest BCUT2D eigenvalue weighted by atomic mass is 32.2. The van der Waals surface area contributed by atoms with Gasteiger partial charge in [-0.25, -0.2) is 15.2 Å². The Kier molecular flexibility index (Phi) is 6.42. The van der Waals surface area contributed by atoms with Crippen LogP contribution in [-0.4, -0.2) is 23.6 Å². The van der Waals surface area contributed by atoms with Gasteiger partial charge in [0.25, 0.3) is 5.91 Å². The van der Waals surface area contributed by atoms with E-state index in [9.17, 15) is 9.59 Å². The minimum atomic E-state index is -0.687. The number of hydrogen-bond acceptors (Lipinski definition) is 6. The summed E-state index contributed by atoms with van der Waals surface area (Å²) in [5.74, 6) is 0.392. The number of carbonyl (C=O) groups excluding carboxylic acids is 2. The zero-order chi connectivity index (χ0) is 16.7. The van der Waals surface area contributed by atoms with Crippen molar-refractivity contribution in [3.8, 4) is 0 Å². The van der Waals surface area contributed by atoms with E-state index in [2.05, 4.69) is 20.6 Å². The number of ether oxygens (including phenoxy) is 1. The number of nitrogens with one attached hydrogen (secondary N) is 2. The number of amides is 2. The van der Waals surface area contributed by atoms with E-state index in [1.165, 1.54) is 0 Å². The van der Waals surface area contributed by atoms with Gasteiger partial charge in [-0.05, 0) is 31.5 Å². The second kappa shape index (κ2) is 8.54. The fourth-order valence-electron chi connectivity index (χ4n) is 1.64. The van der Waals surface area contributed by atoms with Crippen LogP contribution in [0.2, 0.25) is 0 Å². The molecule has 2 N–H and O–H groups in total. The van der Waals surface area contributed by atoms with Crippen LogP contribution in [0, 0.1) is 6.92 Å². The highest BCUT2D eigenvalue weighted by Gasteiger charge is 2.08. The van der Waals surface area contributed by atoms with Crippen molar-refractivity contribution < 1.29 is 14.3 Å². The molecule has 2 amide bonds. The van der Waals surface area contributed by atoms with E-state index in [4.69, 9.17) is 0 Å². The van der Waals surface area contributed by atoms with Gasteiger partial charge in [-0.15, -0.1) is 11.3 Å². The normalized spacial score (nSPS) is 10.2. The third kappa shape index (κ3) is 5.57. The molecule has 0 spiro atoms. The smallest absolute Gasteiger partial charge is 0.426 e. The number of aromatic nitrogens is 1. The van der Waals surface area contributed by atoms with E-state index in [0.717, 1.165) is 21.3 Å². The van der Waals surface area contributed by atoms with Crippen LogP contribution in [-0.2, 0) is 10.5 Å². The van der Waals surface area contributed by atoms with Crippen molar-refractivity contribution >= 4 is 35.1 Å². The predicted molar refractivity (Wildman–Crippen MR) is 90.5 cm³/mol. The second-order valence-corrected chi connectivity index (χ2v) is 6.62. The number of nitrogens with zero attached hydrogens (tertiary/aromatic N) is 1. The molecule has 0 atom stereocenters. The first-order chi connectivity index (χ1) is 11.1. The van der Waals surface area contributed by atoms with Gasteiger partial charge in [0, 0.05) is 22.4 Å². The third-order valence-electron chi connectivity index (χ3n) is 2.73. The van der Waals surface area contributed by atoms with Crippen LogP contribution in [0.15, 0.2) is 34.0 Å². The van der Waals surface area contributed by atoms with E-state index >= 15 is 0 Å². The summed E-state index contributed by atoms with van der Waals surface area (Å²) < 4.78 is 5.68. The number of hydrazine groups is 1. The molecule has 122 valence electrons. The van der Waals surface area contributed by atoms with Crippen LogP contribution in [0.5, 0.6) is 0 Å². The maximum absolute atomic E-state index is 11.9. The summed E-state index contributed by atoms with van der Waals surface area (Å²) in [6.07, 6.45) is -0.687. The van der Waals surface area contributed by atoms with Gasteiger partial charge in [0.15, 0.2) is 0 Å². The Hall–Kier alpha value is -2.06. The van der Waals surface area contributed by atoms with Gasteiger partial charge in [0.1, 0.15) is 4.34 Å². The summed E-state index contributed by atoms with van der Waals surface area (Å²) >= 11 is 3.29. The van der Waals surface area contributed by atoms with Crippen LogP contribution in [0.4, 0.5) is 4.79 Å². The van der Waals surface area contributed by atoms with Crippen molar-refractivity contribution in [1.82, 2.24) is 15.8 Å². The molecule has 1 heterocycles. The molecular weight excluding hydrogens is 334 g/mol. The first-order valence-corrected chi connectivity index (χ1v) is 8.82. The Morgan fingerprint density at radius 2 is 2.00 bits per heavy atom. The molecule has 0 bridgehead atoms. The molecule has 8 heteroatoms. The fourth-order valence-corrected chi connectivity index (χ4v) is 3.45. The predicted octanol–water partition coefficient (Wildman–Crippen LogP) is 3.13. The molecule has 0 saturated heterocycles. The third-order valence-corrected chi connectivity index (χ3v) is 4.94. The standard InChI is InChI=1S/C15H17N3O3S2/c1-3-21-14(20)18-17-13(19)12-6-4-11(5-7-12)9-23-15-16-10(2)8-22-15/h4-8H,3,9H2,1-2H3,(H,17,19)(H,18,20). The van der Waals surface area contributed by atoms with Crippen molar-refractivity contribution in [2.75, 3.05) is 6.61 Å². The number of thioether (sulfide) groups is 1. The molecule has 6 nitrogen and oxygen atoms in total. The van der Waals surface area contributed by atoms with Crippen molar-refractivity contribution in [3.63, 3.8) is 0 Å². The molecule has 0 radical (unpaired) electrons. The highest BCUT2D eigenvalue weighted by molar-refractivity contribution is 8.00. The Labute approximate surface area is 142 Å². The Balaban J connectivity index is 1.83. The van der Waals surface area contributed by atoms with Crippen LogP contribution >= 0.6 is 23.1 Å². The highest BCUT2D eigenvalue weighted by Crippen LogP contribution is 2.25. The fraction of sp³-hybridized carbons (Fsp3) is 0.267. The molecule has 0 fully saturated rings. The van der Waals surface area contributed by atoms with Crippen LogP contribution < -0.4 is 10.9 Å². The maximum atomic E-state index is 11.9. The van der Waals surface area contributed by atoms with Crippen LogP contribution in [0.1, 0.15) is 28.5 Å². The molecular formula is C15H17N3O3S2.